The third kappa shape index (κ3) is 3.59. The van der Waals surface area contributed by atoms with Crippen molar-refractivity contribution in [2.45, 2.75) is 44.3 Å². The van der Waals surface area contributed by atoms with Gasteiger partial charge in [-0.15, -0.1) is 11.8 Å². The number of hydrogen-bond donors (Lipinski definition) is 1. The third-order valence-corrected chi connectivity index (χ3v) is 4.46. The Labute approximate surface area is 113 Å². The molecule has 1 aliphatic rings. The van der Waals surface area contributed by atoms with Crippen molar-refractivity contribution in [2.24, 2.45) is 0 Å². The van der Waals surface area contributed by atoms with E-state index in [0.29, 0.717) is 11.4 Å². The van der Waals surface area contributed by atoms with Crippen LogP contribution < -0.4 is 5.32 Å². The highest BCUT2D eigenvalue weighted by Crippen LogP contribution is 2.28. The van der Waals surface area contributed by atoms with Crippen LogP contribution in [0.3, 0.4) is 0 Å². The Morgan fingerprint density at radius 3 is 3.00 bits per heavy atom. The van der Waals surface area contributed by atoms with Gasteiger partial charge in [-0.05, 0) is 27.2 Å². The molecule has 2 rings (SSSR count). The average molecular weight is 267 g/mol. The van der Waals surface area contributed by atoms with E-state index in [-0.39, 0.29) is 0 Å². The van der Waals surface area contributed by atoms with Crippen LogP contribution in [0.4, 0.5) is 5.82 Å². The normalized spacial score (nSPS) is 23.3. The second-order valence-corrected chi connectivity index (χ2v) is 5.78. The lowest BCUT2D eigenvalue weighted by molar-refractivity contribution is 0.127. The van der Waals surface area contributed by atoms with E-state index in [2.05, 4.69) is 29.1 Å². The van der Waals surface area contributed by atoms with E-state index in [1.165, 1.54) is 0 Å². The van der Waals surface area contributed by atoms with Gasteiger partial charge in [0.05, 0.1) is 11.9 Å². The highest BCUT2D eigenvalue weighted by molar-refractivity contribution is 7.99. The first-order valence-corrected chi connectivity index (χ1v) is 7.55. The molecule has 1 N–H and O–H groups in total. The molecule has 0 saturated carbocycles. The summed E-state index contributed by atoms with van der Waals surface area (Å²) in [7, 11) is 0. The van der Waals surface area contributed by atoms with Crippen molar-refractivity contribution >= 4 is 17.6 Å². The zero-order valence-corrected chi connectivity index (χ0v) is 12.1. The summed E-state index contributed by atoms with van der Waals surface area (Å²) in [6.45, 7) is 8.00. The number of aromatic nitrogens is 2. The zero-order valence-electron chi connectivity index (χ0n) is 11.3. The second-order valence-electron chi connectivity index (χ2n) is 4.56. The molecule has 4 nitrogen and oxygen atoms in total. The minimum Gasteiger partial charge on any atom is -0.377 e. The van der Waals surface area contributed by atoms with Gasteiger partial charge in [0.2, 0.25) is 0 Å². The van der Waals surface area contributed by atoms with Crippen molar-refractivity contribution in [3.63, 3.8) is 0 Å². The highest BCUT2D eigenvalue weighted by Gasteiger charge is 2.24. The summed E-state index contributed by atoms with van der Waals surface area (Å²) in [5.74, 6) is 2.70. The molecule has 2 atom stereocenters. The summed E-state index contributed by atoms with van der Waals surface area (Å²) in [5.41, 5.74) is 1.02. The molecule has 2 heterocycles. The zero-order chi connectivity index (χ0) is 13.0. The van der Waals surface area contributed by atoms with E-state index in [4.69, 9.17) is 4.74 Å². The molecule has 18 heavy (non-hydrogen) atoms. The van der Waals surface area contributed by atoms with Crippen molar-refractivity contribution in [2.75, 3.05) is 18.5 Å². The van der Waals surface area contributed by atoms with Crippen LogP contribution in [-0.2, 0) is 10.5 Å². The molecule has 0 aromatic carbocycles. The summed E-state index contributed by atoms with van der Waals surface area (Å²) in [6, 6.07) is 1.99. The predicted molar refractivity (Wildman–Crippen MR) is 76.0 cm³/mol. The number of aryl methyl sites for hydroxylation is 1. The molecule has 1 saturated heterocycles. The van der Waals surface area contributed by atoms with Gasteiger partial charge < -0.3 is 10.1 Å². The van der Waals surface area contributed by atoms with Crippen LogP contribution in [0.15, 0.2) is 6.07 Å². The molecule has 0 bridgehead atoms. The monoisotopic (exact) mass is 267 g/mol. The molecule has 0 spiro atoms. The van der Waals surface area contributed by atoms with E-state index >= 15 is 0 Å². The fourth-order valence-corrected chi connectivity index (χ4v) is 3.18. The maximum atomic E-state index is 5.57. The van der Waals surface area contributed by atoms with Crippen molar-refractivity contribution in [1.29, 1.82) is 0 Å². The Kier molecular flexibility index (Phi) is 4.83. The third-order valence-electron chi connectivity index (χ3n) is 2.99. The van der Waals surface area contributed by atoms with E-state index < -0.39 is 0 Å². The maximum absolute atomic E-state index is 5.57. The van der Waals surface area contributed by atoms with Crippen LogP contribution >= 0.6 is 11.8 Å². The molecule has 100 valence electrons. The van der Waals surface area contributed by atoms with Crippen molar-refractivity contribution < 1.29 is 4.74 Å². The lowest BCUT2D eigenvalue weighted by atomic mass is 10.3. The number of nitrogens with zero attached hydrogens (tertiary/aromatic N) is 2. The maximum Gasteiger partial charge on any atom is 0.140 e. The first-order chi connectivity index (χ1) is 8.69. The fourth-order valence-electron chi connectivity index (χ4n) is 2.08. The van der Waals surface area contributed by atoms with Crippen molar-refractivity contribution in [3.05, 3.63) is 17.6 Å². The predicted octanol–water partition coefficient (Wildman–Crippen LogP) is 2.63. The van der Waals surface area contributed by atoms with Crippen molar-refractivity contribution in [3.8, 4) is 0 Å². The number of ether oxygens (including phenoxy) is 1. The molecule has 2 unspecified atom stereocenters. The summed E-state index contributed by atoms with van der Waals surface area (Å²) in [4.78, 5) is 9.01. The van der Waals surface area contributed by atoms with E-state index in [9.17, 15) is 0 Å². The first-order valence-electron chi connectivity index (χ1n) is 6.50. The standard InChI is InChI=1S/C13H21N3OS/c1-4-14-12-7-9(2)15-13(16-12)8-18-11-5-6-17-10(11)3/h7,10-11H,4-6,8H2,1-3H3,(H,14,15,16). The molecule has 1 fully saturated rings. The molecule has 1 aromatic heterocycles. The van der Waals surface area contributed by atoms with E-state index in [1.807, 2.05) is 24.8 Å². The van der Waals surface area contributed by atoms with Crippen molar-refractivity contribution in [1.82, 2.24) is 9.97 Å². The topological polar surface area (TPSA) is 47.0 Å². The smallest absolute Gasteiger partial charge is 0.140 e. The van der Waals surface area contributed by atoms with Crippen LogP contribution in [-0.4, -0.2) is 34.5 Å². The molecule has 1 aliphatic heterocycles. The Morgan fingerprint density at radius 1 is 1.50 bits per heavy atom. The van der Waals surface area contributed by atoms with Gasteiger partial charge in [-0.2, -0.15) is 0 Å². The summed E-state index contributed by atoms with van der Waals surface area (Å²) >= 11 is 1.90. The average Bonchev–Trinajstić information content (AvgIpc) is 2.72. The minimum atomic E-state index is 0.355. The Morgan fingerprint density at radius 2 is 2.33 bits per heavy atom. The molecule has 0 aliphatic carbocycles. The van der Waals surface area contributed by atoms with E-state index in [0.717, 1.165) is 42.7 Å². The SMILES string of the molecule is CCNc1cc(C)nc(CSC2CCOC2C)n1. The van der Waals surface area contributed by atoms with Crippen LogP contribution in [0, 0.1) is 6.92 Å². The summed E-state index contributed by atoms with van der Waals surface area (Å²) in [5, 5.41) is 3.82. The van der Waals surface area contributed by atoms with Crippen LogP contribution in [0.2, 0.25) is 0 Å². The van der Waals surface area contributed by atoms with E-state index in [1.54, 1.807) is 0 Å². The fraction of sp³-hybridized carbons (Fsp3) is 0.692. The minimum absolute atomic E-state index is 0.355. The van der Waals surface area contributed by atoms with Gasteiger partial charge in [0.1, 0.15) is 11.6 Å². The van der Waals surface area contributed by atoms with Gasteiger partial charge in [0.25, 0.3) is 0 Å². The largest absolute Gasteiger partial charge is 0.377 e. The lowest BCUT2D eigenvalue weighted by Gasteiger charge is -2.13. The Bertz CT molecular complexity index is 400. The van der Waals surface area contributed by atoms with Gasteiger partial charge in [-0.3, -0.25) is 0 Å². The first kappa shape index (κ1) is 13.6. The highest BCUT2D eigenvalue weighted by atomic mass is 32.2. The van der Waals surface area contributed by atoms with Gasteiger partial charge in [0.15, 0.2) is 0 Å². The van der Waals surface area contributed by atoms with Gasteiger partial charge in [0, 0.05) is 30.2 Å². The lowest BCUT2D eigenvalue weighted by Crippen LogP contribution is -2.14. The molecule has 0 radical (unpaired) electrons. The summed E-state index contributed by atoms with van der Waals surface area (Å²) < 4.78 is 5.57. The number of thioether (sulfide) groups is 1. The van der Waals surface area contributed by atoms with Crippen LogP contribution in [0.25, 0.3) is 0 Å². The molecule has 0 amide bonds. The van der Waals surface area contributed by atoms with Crippen LogP contribution in [0.5, 0.6) is 0 Å². The number of hydrogen-bond acceptors (Lipinski definition) is 5. The molecule has 5 heteroatoms. The Balaban J connectivity index is 1.95. The van der Waals surface area contributed by atoms with Gasteiger partial charge in [-0.1, -0.05) is 0 Å². The van der Waals surface area contributed by atoms with Crippen LogP contribution in [0.1, 0.15) is 31.8 Å². The quantitative estimate of drug-likeness (QED) is 0.888. The van der Waals surface area contributed by atoms with Gasteiger partial charge in [-0.25, -0.2) is 9.97 Å². The second kappa shape index (κ2) is 6.38. The number of anilines is 1. The number of rotatable bonds is 5. The molecule has 1 aromatic rings. The summed E-state index contributed by atoms with van der Waals surface area (Å²) in [6.07, 6.45) is 1.49. The number of nitrogens with one attached hydrogen (secondary N) is 1. The Hall–Kier alpha value is -0.810. The molecular formula is C13H21N3OS. The molecular weight excluding hydrogens is 246 g/mol. The van der Waals surface area contributed by atoms with Gasteiger partial charge >= 0.3 is 0 Å².